The number of carboxylic acids is 1. The van der Waals surface area contributed by atoms with Crippen molar-refractivity contribution < 1.29 is 14.3 Å². The number of furan rings is 1. The maximum atomic E-state index is 10.9. The van der Waals surface area contributed by atoms with Gasteiger partial charge < -0.3 is 14.8 Å². The van der Waals surface area contributed by atoms with E-state index in [4.69, 9.17) is 9.52 Å². The first-order valence-corrected chi connectivity index (χ1v) is 6.60. The fourth-order valence-electron chi connectivity index (χ4n) is 2.52. The summed E-state index contributed by atoms with van der Waals surface area (Å²) in [5, 5.41) is 12.3. The van der Waals surface area contributed by atoms with E-state index in [0.717, 1.165) is 6.54 Å². The number of carbonyl (C=O) groups is 1. The van der Waals surface area contributed by atoms with Crippen LogP contribution in [0, 0.1) is 12.3 Å². The molecular formula is C14H21NO3. The highest BCUT2D eigenvalue weighted by molar-refractivity contribution is 5.88. The molecule has 0 unspecified atom stereocenters. The Balaban J connectivity index is 1.84. The summed E-state index contributed by atoms with van der Waals surface area (Å²) in [6.07, 6.45) is 5.12. The molecule has 4 heteroatoms. The summed E-state index contributed by atoms with van der Waals surface area (Å²) in [6.45, 7) is 5.52. The molecule has 0 spiro atoms. The minimum atomic E-state index is -0.924. The Labute approximate surface area is 107 Å². The molecule has 1 aliphatic carbocycles. The quantitative estimate of drug-likeness (QED) is 0.782. The summed E-state index contributed by atoms with van der Waals surface area (Å²) in [4.78, 5) is 10.9. The lowest BCUT2D eigenvalue weighted by Gasteiger charge is -2.13. The van der Waals surface area contributed by atoms with Gasteiger partial charge in [-0.15, -0.1) is 0 Å². The molecule has 1 fully saturated rings. The van der Waals surface area contributed by atoms with Crippen LogP contribution in [0.15, 0.2) is 10.5 Å². The third-order valence-electron chi connectivity index (χ3n) is 3.74. The summed E-state index contributed by atoms with van der Waals surface area (Å²) in [5.41, 5.74) is 0.771. The first kappa shape index (κ1) is 13.1. The fraction of sp³-hybridized carbons (Fsp3) is 0.643. The van der Waals surface area contributed by atoms with Gasteiger partial charge in [0.2, 0.25) is 0 Å². The largest absolute Gasteiger partial charge is 0.478 e. The summed E-state index contributed by atoms with van der Waals surface area (Å²) < 4.78 is 5.43. The van der Waals surface area contributed by atoms with Crippen molar-refractivity contribution in [2.75, 3.05) is 6.54 Å². The van der Waals surface area contributed by atoms with Gasteiger partial charge in [-0.05, 0) is 37.7 Å². The molecule has 0 aromatic carbocycles. The second-order valence-corrected chi connectivity index (χ2v) is 5.34. The van der Waals surface area contributed by atoms with Crippen LogP contribution in [0.4, 0.5) is 0 Å². The molecule has 1 heterocycles. The van der Waals surface area contributed by atoms with Gasteiger partial charge in [-0.1, -0.05) is 13.3 Å². The Kier molecular flexibility index (Phi) is 3.76. The van der Waals surface area contributed by atoms with Gasteiger partial charge in [0.15, 0.2) is 0 Å². The highest BCUT2D eigenvalue weighted by Gasteiger charge is 2.40. The molecule has 100 valence electrons. The molecular weight excluding hydrogens is 230 g/mol. The molecule has 2 rings (SSSR count). The van der Waals surface area contributed by atoms with Crippen molar-refractivity contribution in [3.63, 3.8) is 0 Å². The second kappa shape index (κ2) is 5.14. The van der Waals surface area contributed by atoms with E-state index in [-0.39, 0.29) is 5.56 Å². The van der Waals surface area contributed by atoms with Crippen LogP contribution in [-0.2, 0) is 6.54 Å². The zero-order chi connectivity index (χ0) is 13.2. The Morgan fingerprint density at radius 3 is 2.78 bits per heavy atom. The Morgan fingerprint density at radius 2 is 2.28 bits per heavy atom. The maximum Gasteiger partial charge on any atom is 0.339 e. The number of rotatable bonds is 7. The zero-order valence-corrected chi connectivity index (χ0v) is 11.1. The van der Waals surface area contributed by atoms with E-state index in [2.05, 4.69) is 12.2 Å². The van der Waals surface area contributed by atoms with Crippen molar-refractivity contribution in [3.8, 4) is 0 Å². The fourth-order valence-corrected chi connectivity index (χ4v) is 2.52. The molecule has 0 saturated heterocycles. The Bertz CT molecular complexity index is 432. The average Bonchev–Trinajstić information content (AvgIpc) is 2.95. The monoisotopic (exact) mass is 251 g/mol. The van der Waals surface area contributed by atoms with Crippen LogP contribution in [0.2, 0.25) is 0 Å². The van der Waals surface area contributed by atoms with E-state index < -0.39 is 5.97 Å². The maximum absolute atomic E-state index is 10.9. The molecule has 0 aliphatic heterocycles. The van der Waals surface area contributed by atoms with E-state index in [1.165, 1.54) is 25.7 Å². The van der Waals surface area contributed by atoms with Crippen LogP contribution in [0.25, 0.3) is 0 Å². The molecule has 0 atom stereocenters. The smallest absolute Gasteiger partial charge is 0.339 e. The first-order valence-electron chi connectivity index (χ1n) is 6.60. The van der Waals surface area contributed by atoms with Crippen LogP contribution in [0.5, 0.6) is 0 Å². The molecule has 2 N–H and O–H groups in total. The number of nitrogens with one attached hydrogen (secondary N) is 1. The highest BCUT2D eigenvalue weighted by atomic mass is 16.4. The normalized spacial score (nSPS) is 16.8. The zero-order valence-electron chi connectivity index (χ0n) is 11.1. The van der Waals surface area contributed by atoms with E-state index in [1.807, 2.05) is 0 Å². The number of aromatic carboxylic acids is 1. The minimum absolute atomic E-state index is 0.265. The summed E-state index contributed by atoms with van der Waals surface area (Å²) in [6, 6.07) is 1.62. The third-order valence-corrected chi connectivity index (χ3v) is 3.74. The number of hydrogen-bond donors (Lipinski definition) is 2. The van der Waals surface area contributed by atoms with Crippen molar-refractivity contribution in [1.29, 1.82) is 0 Å². The van der Waals surface area contributed by atoms with Gasteiger partial charge in [-0.25, -0.2) is 4.79 Å². The van der Waals surface area contributed by atoms with Crippen LogP contribution in [0.1, 0.15) is 54.5 Å². The SMILES string of the molecule is CCCC1(CNCc2cc(C(=O)O)c(C)o2)CC1. The van der Waals surface area contributed by atoms with E-state index in [1.54, 1.807) is 13.0 Å². The predicted octanol–water partition coefficient (Wildman–Crippen LogP) is 2.96. The molecule has 18 heavy (non-hydrogen) atoms. The second-order valence-electron chi connectivity index (χ2n) is 5.34. The van der Waals surface area contributed by atoms with Crippen molar-refractivity contribution in [2.24, 2.45) is 5.41 Å². The molecule has 1 aromatic heterocycles. The van der Waals surface area contributed by atoms with Gasteiger partial charge in [0.1, 0.15) is 17.1 Å². The molecule has 4 nitrogen and oxygen atoms in total. The minimum Gasteiger partial charge on any atom is -0.478 e. The summed E-state index contributed by atoms with van der Waals surface area (Å²) >= 11 is 0. The highest BCUT2D eigenvalue weighted by Crippen LogP contribution is 2.48. The van der Waals surface area contributed by atoms with E-state index >= 15 is 0 Å². The summed E-state index contributed by atoms with van der Waals surface area (Å²) in [5.74, 6) is 0.262. The van der Waals surface area contributed by atoms with Gasteiger partial charge in [0.05, 0.1) is 6.54 Å². The number of aryl methyl sites for hydroxylation is 1. The predicted molar refractivity (Wildman–Crippen MR) is 68.7 cm³/mol. The third kappa shape index (κ3) is 2.93. The lowest BCUT2D eigenvalue weighted by Crippen LogP contribution is -2.23. The molecule has 1 aromatic rings. The van der Waals surface area contributed by atoms with Gasteiger partial charge >= 0.3 is 5.97 Å². The van der Waals surface area contributed by atoms with Gasteiger partial charge in [-0.2, -0.15) is 0 Å². The van der Waals surface area contributed by atoms with Gasteiger partial charge in [0, 0.05) is 6.54 Å². The van der Waals surface area contributed by atoms with Crippen LogP contribution >= 0.6 is 0 Å². The van der Waals surface area contributed by atoms with Crippen LogP contribution < -0.4 is 5.32 Å². The molecule has 0 bridgehead atoms. The van der Waals surface area contributed by atoms with Gasteiger partial charge in [0.25, 0.3) is 0 Å². The van der Waals surface area contributed by atoms with E-state index in [9.17, 15) is 4.79 Å². The molecule has 1 saturated carbocycles. The van der Waals surface area contributed by atoms with Crippen molar-refractivity contribution >= 4 is 5.97 Å². The molecule has 1 aliphatic rings. The van der Waals surface area contributed by atoms with Crippen LogP contribution in [0.3, 0.4) is 0 Å². The summed E-state index contributed by atoms with van der Waals surface area (Å²) in [7, 11) is 0. The van der Waals surface area contributed by atoms with E-state index in [0.29, 0.717) is 23.5 Å². The van der Waals surface area contributed by atoms with Crippen molar-refractivity contribution in [2.45, 2.75) is 46.1 Å². The average molecular weight is 251 g/mol. The Morgan fingerprint density at radius 1 is 1.56 bits per heavy atom. The first-order chi connectivity index (χ1) is 8.56. The topological polar surface area (TPSA) is 62.5 Å². The molecule has 0 radical (unpaired) electrons. The Hall–Kier alpha value is -1.29. The van der Waals surface area contributed by atoms with Crippen LogP contribution in [-0.4, -0.2) is 17.6 Å². The van der Waals surface area contributed by atoms with Crippen molar-refractivity contribution in [3.05, 3.63) is 23.2 Å². The lowest BCUT2D eigenvalue weighted by molar-refractivity contribution is 0.0695. The molecule has 0 amide bonds. The standard InChI is InChI=1S/C14H21NO3/c1-3-4-14(5-6-14)9-15-8-11-7-12(13(16)17)10(2)18-11/h7,15H,3-6,8-9H2,1-2H3,(H,16,17). The van der Waals surface area contributed by atoms with Gasteiger partial charge in [-0.3, -0.25) is 0 Å². The van der Waals surface area contributed by atoms with Crippen molar-refractivity contribution in [1.82, 2.24) is 5.32 Å². The number of carboxylic acid groups (broad SMARTS) is 1. The number of hydrogen-bond acceptors (Lipinski definition) is 3. The lowest BCUT2D eigenvalue weighted by atomic mass is 10.0.